The minimum Gasteiger partial charge on any atom is -0.473 e. The summed E-state index contributed by atoms with van der Waals surface area (Å²) in [6, 6.07) is 0. The Kier molecular flexibility index (Phi) is 1.35. The van der Waals surface area contributed by atoms with E-state index in [1.54, 1.807) is 11.0 Å². The molecule has 0 aromatic rings. The maximum Gasteiger partial charge on any atom is 0.231 e. The second kappa shape index (κ2) is 2.23. The highest BCUT2D eigenvalue weighted by atomic mass is 16.5. The Morgan fingerprint density at radius 3 is 3.18 bits per heavy atom. The number of amides is 1. The quantitative estimate of drug-likeness (QED) is 0.517. The van der Waals surface area contributed by atoms with Gasteiger partial charge in [-0.15, -0.1) is 0 Å². The van der Waals surface area contributed by atoms with Crippen molar-refractivity contribution >= 4 is 5.91 Å². The molecule has 0 saturated carbocycles. The van der Waals surface area contributed by atoms with E-state index in [2.05, 4.69) is 0 Å². The molecule has 2 aliphatic heterocycles. The third kappa shape index (κ3) is 0.903. The minimum absolute atomic E-state index is 0.0237. The number of fused-ring (bicyclic) bond motifs is 1. The summed E-state index contributed by atoms with van der Waals surface area (Å²) < 4.78 is 5.28. The van der Waals surface area contributed by atoms with Gasteiger partial charge in [-0.25, -0.2) is 0 Å². The number of carbonyl (C=O) groups is 1. The molecule has 11 heavy (non-hydrogen) atoms. The molecule has 0 unspecified atom stereocenters. The van der Waals surface area contributed by atoms with Gasteiger partial charge in [0.15, 0.2) is 6.23 Å². The number of rotatable bonds is 1. The van der Waals surface area contributed by atoms with Gasteiger partial charge in [0, 0.05) is 0 Å². The highest BCUT2D eigenvalue weighted by molar-refractivity contribution is 5.83. The van der Waals surface area contributed by atoms with Gasteiger partial charge < -0.3 is 9.84 Å². The molecule has 2 aliphatic rings. The second-order valence-electron chi connectivity index (χ2n) is 2.65. The monoisotopic (exact) mass is 155 g/mol. The predicted octanol–water partition coefficient (Wildman–Crippen LogP) is -0.549. The van der Waals surface area contributed by atoms with Gasteiger partial charge in [0.1, 0.15) is 5.76 Å². The number of β-lactam (4-membered cyclic amide) rings is 1. The molecule has 60 valence electrons. The van der Waals surface area contributed by atoms with Crippen LogP contribution in [0.5, 0.6) is 0 Å². The molecule has 0 spiro atoms. The van der Waals surface area contributed by atoms with Crippen LogP contribution in [-0.2, 0) is 9.53 Å². The van der Waals surface area contributed by atoms with Crippen LogP contribution in [0.15, 0.2) is 11.8 Å². The van der Waals surface area contributed by atoms with Gasteiger partial charge in [-0.2, -0.15) is 0 Å². The number of aliphatic hydroxyl groups is 1. The van der Waals surface area contributed by atoms with Crippen LogP contribution < -0.4 is 0 Å². The van der Waals surface area contributed by atoms with E-state index in [0.717, 1.165) is 0 Å². The van der Waals surface area contributed by atoms with Gasteiger partial charge in [0.05, 0.1) is 19.6 Å². The smallest absolute Gasteiger partial charge is 0.231 e. The van der Waals surface area contributed by atoms with Crippen LogP contribution in [-0.4, -0.2) is 35.3 Å². The molecule has 1 N–H and O–H groups in total. The Bertz CT molecular complexity index is 224. The van der Waals surface area contributed by atoms with E-state index in [9.17, 15) is 4.79 Å². The van der Waals surface area contributed by atoms with Crippen molar-refractivity contribution in [1.82, 2.24) is 4.90 Å². The lowest BCUT2D eigenvalue weighted by Crippen LogP contribution is -2.48. The van der Waals surface area contributed by atoms with Crippen molar-refractivity contribution in [3.05, 3.63) is 11.8 Å². The molecule has 2 rings (SSSR count). The lowest BCUT2D eigenvalue weighted by Gasteiger charge is -2.30. The van der Waals surface area contributed by atoms with Crippen molar-refractivity contribution in [3.8, 4) is 0 Å². The van der Waals surface area contributed by atoms with E-state index in [0.29, 0.717) is 18.7 Å². The summed E-state index contributed by atoms with van der Waals surface area (Å²) in [7, 11) is 0. The molecular weight excluding hydrogens is 146 g/mol. The summed E-state index contributed by atoms with van der Waals surface area (Å²) in [5.41, 5.74) is 0. The normalized spacial score (nSPS) is 31.7. The molecule has 4 nitrogen and oxygen atoms in total. The van der Waals surface area contributed by atoms with E-state index < -0.39 is 0 Å². The highest BCUT2D eigenvalue weighted by Crippen LogP contribution is 2.30. The van der Waals surface area contributed by atoms with Gasteiger partial charge in [0.2, 0.25) is 5.91 Å². The summed E-state index contributed by atoms with van der Waals surface area (Å²) >= 11 is 0. The van der Waals surface area contributed by atoms with Gasteiger partial charge in [0.25, 0.3) is 0 Å². The third-order valence-electron chi connectivity index (χ3n) is 1.95. The van der Waals surface area contributed by atoms with Crippen molar-refractivity contribution in [2.75, 3.05) is 13.2 Å². The zero-order valence-corrected chi connectivity index (χ0v) is 5.99. The fraction of sp³-hybridized carbons (Fsp3) is 0.571. The predicted molar refractivity (Wildman–Crippen MR) is 36.4 cm³/mol. The minimum atomic E-state index is -0.0414. The van der Waals surface area contributed by atoms with Crippen LogP contribution in [0.2, 0.25) is 0 Å². The molecule has 0 aliphatic carbocycles. The van der Waals surface area contributed by atoms with Crippen molar-refractivity contribution in [2.45, 2.75) is 12.6 Å². The Balaban J connectivity index is 2.04. The highest BCUT2D eigenvalue weighted by Gasteiger charge is 2.43. The average Bonchev–Trinajstić information content (AvgIpc) is 2.29. The standard InChI is InChI=1S/C7H9NO3/c9-2-1-5-4-8-6(10)3-7(8)11-5/h1,7,9H,2-4H2/t7-/m1/s1. The molecule has 4 heteroatoms. The van der Waals surface area contributed by atoms with Crippen LogP contribution in [0.25, 0.3) is 0 Å². The topological polar surface area (TPSA) is 49.8 Å². The van der Waals surface area contributed by atoms with Crippen LogP contribution >= 0.6 is 0 Å². The summed E-state index contributed by atoms with van der Waals surface area (Å²) in [5.74, 6) is 0.847. The van der Waals surface area contributed by atoms with Crippen LogP contribution in [0.1, 0.15) is 6.42 Å². The van der Waals surface area contributed by atoms with Crippen LogP contribution in [0.4, 0.5) is 0 Å². The van der Waals surface area contributed by atoms with E-state index in [4.69, 9.17) is 9.84 Å². The zero-order chi connectivity index (χ0) is 7.84. The number of carbonyl (C=O) groups excluding carboxylic acids is 1. The first-order valence-corrected chi connectivity index (χ1v) is 3.57. The first-order chi connectivity index (χ1) is 5.31. The molecule has 0 radical (unpaired) electrons. The Labute approximate surface area is 64.1 Å². The molecule has 0 aromatic heterocycles. The largest absolute Gasteiger partial charge is 0.473 e. The van der Waals surface area contributed by atoms with E-state index in [1.807, 2.05) is 0 Å². The lowest BCUT2D eigenvalue weighted by atomic mass is 10.2. The van der Waals surface area contributed by atoms with Crippen LogP contribution in [0.3, 0.4) is 0 Å². The first-order valence-electron chi connectivity index (χ1n) is 3.57. The van der Waals surface area contributed by atoms with E-state index >= 15 is 0 Å². The summed E-state index contributed by atoms with van der Waals surface area (Å²) in [6.45, 7) is 0.508. The van der Waals surface area contributed by atoms with Crippen molar-refractivity contribution in [3.63, 3.8) is 0 Å². The Hall–Kier alpha value is -1.03. The fourth-order valence-corrected chi connectivity index (χ4v) is 1.31. The van der Waals surface area contributed by atoms with Gasteiger partial charge >= 0.3 is 0 Å². The first kappa shape index (κ1) is 6.67. The number of aliphatic hydroxyl groups excluding tert-OH is 1. The number of ether oxygens (including phenoxy) is 1. The number of nitrogens with zero attached hydrogens (tertiary/aromatic N) is 1. The number of hydrogen-bond donors (Lipinski definition) is 1. The summed E-state index contributed by atoms with van der Waals surface area (Å²) in [6.07, 6.45) is 2.04. The average molecular weight is 155 g/mol. The summed E-state index contributed by atoms with van der Waals surface area (Å²) in [4.78, 5) is 12.5. The second-order valence-corrected chi connectivity index (χ2v) is 2.65. The molecule has 2 fully saturated rings. The fourth-order valence-electron chi connectivity index (χ4n) is 1.31. The van der Waals surface area contributed by atoms with Crippen molar-refractivity contribution in [1.29, 1.82) is 0 Å². The zero-order valence-electron chi connectivity index (χ0n) is 5.99. The Morgan fingerprint density at radius 2 is 2.64 bits per heavy atom. The van der Waals surface area contributed by atoms with Crippen molar-refractivity contribution in [2.24, 2.45) is 0 Å². The summed E-state index contributed by atoms with van der Waals surface area (Å²) in [5, 5.41) is 8.53. The van der Waals surface area contributed by atoms with Gasteiger partial charge in [-0.3, -0.25) is 9.69 Å². The number of hydrogen-bond acceptors (Lipinski definition) is 3. The molecular formula is C7H9NO3. The molecule has 0 bridgehead atoms. The van der Waals surface area contributed by atoms with E-state index in [-0.39, 0.29) is 18.7 Å². The Morgan fingerprint density at radius 1 is 1.82 bits per heavy atom. The molecule has 0 aromatic carbocycles. The molecule has 1 atom stereocenters. The maximum atomic E-state index is 10.8. The van der Waals surface area contributed by atoms with Gasteiger partial charge in [-0.05, 0) is 6.08 Å². The van der Waals surface area contributed by atoms with E-state index in [1.165, 1.54) is 0 Å². The molecule has 1 amide bonds. The molecule has 2 saturated heterocycles. The van der Waals surface area contributed by atoms with Crippen molar-refractivity contribution < 1.29 is 14.6 Å². The lowest BCUT2D eigenvalue weighted by molar-refractivity contribution is -0.154. The van der Waals surface area contributed by atoms with Gasteiger partial charge in [-0.1, -0.05) is 0 Å². The maximum absolute atomic E-state index is 10.8. The molecule has 2 heterocycles. The SMILES string of the molecule is O=C1C[C@H]2OC(=CCO)CN12. The third-order valence-corrected chi connectivity index (χ3v) is 1.95. The van der Waals surface area contributed by atoms with Crippen LogP contribution in [0, 0.1) is 0 Å².